The Kier molecular flexibility index (Phi) is 2.90. The maximum Gasteiger partial charge on any atom is 0.139 e. The van der Waals surface area contributed by atoms with Gasteiger partial charge in [-0.15, -0.1) is 10.2 Å². The first kappa shape index (κ1) is 11.2. The summed E-state index contributed by atoms with van der Waals surface area (Å²) in [6, 6.07) is 0. The molecule has 0 atom stereocenters. The van der Waals surface area contributed by atoms with E-state index in [1.165, 1.54) is 43.8 Å². The van der Waals surface area contributed by atoms with E-state index in [-0.39, 0.29) is 0 Å². The van der Waals surface area contributed by atoms with Crippen LogP contribution in [0.25, 0.3) is 0 Å². The Morgan fingerprint density at radius 1 is 1.29 bits per heavy atom. The molecule has 0 radical (unpaired) electrons. The lowest BCUT2D eigenvalue weighted by atomic mass is 9.74. The number of piperidine rings is 1. The van der Waals surface area contributed by atoms with Gasteiger partial charge < -0.3 is 9.88 Å². The Hall–Kier alpha value is -0.900. The number of fused-ring (bicyclic) bond motifs is 1. The fourth-order valence-electron chi connectivity index (χ4n) is 3.51. The van der Waals surface area contributed by atoms with E-state index in [2.05, 4.69) is 27.0 Å². The predicted octanol–water partition coefficient (Wildman–Crippen LogP) is 1.65. The van der Waals surface area contributed by atoms with Crippen LogP contribution in [0.2, 0.25) is 0 Å². The van der Waals surface area contributed by atoms with Gasteiger partial charge in [-0.25, -0.2) is 0 Å². The number of nitrogens with zero attached hydrogens (tertiary/aromatic N) is 3. The van der Waals surface area contributed by atoms with Gasteiger partial charge in [0, 0.05) is 18.4 Å². The van der Waals surface area contributed by atoms with E-state index in [1.807, 2.05) is 0 Å². The molecule has 4 heteroatoms. The second-order valence-corrected chi connectivity index (χ2v) is 5.48. The van der Waals surface area contributed by atoms with Gasteiger partial charge in [0.15, 0.2) is 0 Å². The van der Waals surface area contributed by atoms with Crippen LogP contribution in [-0.4, -0.2) is 27.9 Å². The number of aromatic nitrogens is 3. The molecule has 1 N–H and O–H groups in total. The summed E-state index contributed by atoms with van der Waals surface area (Å²) in [4.78, 5) is 0. The van der Waals surface area contributed by atoms with Crippen LogP contribution in [0.4, 0.5) is 0 Å². The Balaban J connectivity index is 1.96. The van der Waals surface area contributed by atoms with Crippen molar-refractivity contribution in [2.75, 3.05) is 13.1 Å². The van der Waals surface area contributed by atoms with E-state index in [0.29, 0.717) is 5.41 Å². The first-order valence-electron chi connectivity index (χ1n) is 6.99. The molecule has 0 spiro atoms. The van der Waals surface area contributed by atoms with Crippen molar-refractivity contribution in [3.8, 4) is 0 Å². The maximum absolute atomic E-state index is 4.54. The molecule has 1 saturated heterocycles. The molecule has 0 saturated carbocycles. The third-order valence-corrected chi connectivity index (χ3v) is 4.37. The number of hydrogen-bond acceptors (Lipinski definition) is 3. The van der Waals surface area contributed by atoms with Gasteiger partial charge in [0.05, 0.1) is 0 Å². The third kappa shape index (κ3) is 1.79. The summed E-state index contributed by atoms with van der Waals surface area (Å²) in [6.07, 6.45) is 7.30. The summed E-state index contributed by atoms with van der Waals surface area (Å²) in [7, 11) is 0. The topological polar surface area (TPSA) is 42.7 Å². The van der Waals surface area contributed by atoms with Crippen molar-refractivity contribution in [1.29, 1.82) is 0 Å². The van der Waals surface area contributed by atoms with E-state index in [4.69, 9.17) is 0 Å². The molecule has 2 aliphatic heterocycles. The highest BCUT2D eigenvalue weighted by Crippen LogP contribution is 2.38. The molecule has 4 nitrogen and oxygen atoms in total. The highest BCUT2D eigenvalue weighted by Gasteiger charge is 2.38. The Morgan fingerprint density at radius 2 is 2.12 bits per heavy atom. The second-order valence-electron chi connectivity index (χ2n) is 5.48. The summed E-state index contributed by atoms with van der Waals surface area (Å²) < 4.78 is 2.40. The minimum absolute atomic E-state index is 0.301. The molecule has 17 heavy (non-hydrogen) atoms. The standard InChI is InChI=1S/C13H22N4/c1-2-5-13(6-8-14-9-7-13)12-16-15-11-4-3-10-17(11)12/h14H,2-10H2,1H3. The second kappa shape index (κ2) is 4.41. The summed E-state index contributed by atoms with van der Waals surface area (Å²) in [6.45, 7) is 5.67. The van der Waals surface area contributed by atoms with Crippen molar-refractivity contribution in [1.82, 2.24) is 20.1 Å². The average Bonchev–Trinajstić information content (AvgIpc) is 2.92. The lowest BCUT2D eigenvalue weighted by Crippen LogP contribution is -2.41. The van der Waals surface area contributed by atoms with Crippen molar-refractivity contribution in [3.05, 3.63) is 11.6 Å². The SMILES string of the molecule is CCCC1(c2nnc3n2CCC3)CCNCC1. The zero-order valence-electron chi connectivity index (χ0n) is 10.7. The zero-order chi connectivity index (χ0) is 11.7. The van der Waals surface area contributed by atoms with Gasteiger partial charge in [-0.05, 0) is 38.8 Å². The van der Waals surface area contributed by atoms with Crippen molar-refractivity contribution >= 4 is 0 Å². The van der Waals surface area contributed by atoms with Crippen LogP contribution in [0.3, 0.4) is 0 Å². The normalized spacial score (nSPS) is 22.6. The van der Waals surface area contributed by atoms with Crippen LogP contribution in [-0.2, 0) is 18.4 Å². The molecule has 0 unspecified atom stereocenters. The van der Waals surface area contributed by atoms with Gasteiger partial charge in [0.1, 0.15) is 11.6 Å². The van der Waals surface area contributed by atoms with Crippen LogP contribution in [0, 0.1) is 0 Å². The molecule has 1 aromatic heterocycles. The summed E-state index contributed by atoms with van der Waals surface area (Å²) in [5.74, 6) is 2.50. The molecule has 2 aliphatic rings. The van der Waals surface area contributed by atoms with Crippen molar-refractivity contribution in [2.24, 2.45) is 0 Å². The number of rotatable bonds is 3. The molecule has 0 amide bonds. The smallest absolute Gasteiger partial charge is 0.139 e. The molecular weight excluding hydrogens is 212 g/mol. The first-order chi connectivity index (χ1) is 8.36. The van der Waals surface area contributed by atoms with Crippen LogP contribution in [0.15, 0.2) is 0 Å². The first-order valence-corrected chi connectivity index (χ1v) is 6.99. The summed E-state index contributed by atoms with van der Waals surface area (Å²) in [5, 5.41) is 12.4. The largest absolute Gasteiger partial charge is 0.317 e. The zero-order valence-corrected chi connectivity index (χ0v) is 10.7. The fraction of sp³-hybridized carbons (Fsp3) is 0.846. The highest BCUT2D eigenvalue weighted by atomic mass is 15.3. The van der Waals surface area contributed by atoms with Gasteiger partial charge in [-0.2, -0.15) is 0 Å². The summed E-state index contributed by atoms with van der Waals surface area (Å²) >= 11 is 0. The minimum atomic E-state index is 0.301. The van der Waals surface area contributed by atoms with Gasteiger partial charge in [-0.3, -0.25) is 0 Å². The predicted molar refractivity (Wildman–Crippen MR) is 67.0 cm³/mol. The monoisotopic (exact) mass is 234 g/mol. The number of hydrogen-bond donors (Lipinski definition) is 1. The van der Waals surface area contributed by atoms with Crippen LogP contribution >= 0.6 is 0 Å². The van der Waals surface area contributed by atoms with Gasteiger partial charge in [0.2, 0.25) is 0 Å². The van der Waals surface area contributed by atoms with Crippen LogP contribution in [0.1, 0.15) is 50.7 Å². The molecule has 1 fully saturated rings. The van der Waals surface area contributed by atoms with E-state index in [1.54, 1.807) is 0 Å². The summed E-state index contributed by atoms with van der Waals surface area (Å²) in [5.41, 5.74) is 0.301. The molecule has 3 heterocycles. The Labute approximate surface area is 103 Å². The van der Waals surface area contributed by atoms with Gasteiger partial charge >= 0.3 is 0 Å². The molecule has 94 valence electrons. The number of nitrogens with one attached hydrogen (secondary N) is 1. The van der Waals surface area contributed by atoms with Crippen molar-refractivity contribution < 1.29 is 0 Å². The van der Waals surface area contributed by atoms with Crippen LogP contribution < -0.4 is 5.32 Å². The molecule has 0 bridgehead atoms. The molecule has 1 aromatic rings. The molecule has 3 rings (SSSR count). The fourth-order valence-corrected chi connectivity index (χ4v) is 3.51. The lowest BCUT2D eigenvalue weighted by molar-refractivity contribution is 0.262. The average molecular weight is 234 g/mol. The lowest BCUT2D eigenvalue weighted by Gasteiger charge is -2.36. The van der Waals surface area contributed by atoms with Crippen LogP contribution in [0.5, 0.6) is 0 Å². The molecule has 0 aliphatic carbocycles. The van der Waals surface area contributed by atoms with E-state index in [0.717, 1.165) is 26.1 Å². The van der Waals surface area contributed by atoms with Gasteiger partial charge in [-0.1, -0.05) is 13.3 Å². The van der Waals surface area contributed by atoms with Crippen molar-refractivity contribution in [3.63, 3.8) is 0 Å². The Morgan fingerprint density at radius 3 is 2.88 bits per heavy atom. The third-order valence-electron chi connectivity index (χ3n) is 4.37. The number of aryl methyl sites for hydroxylation is 1. The Bertz CT molecular complexity index is 385. The maximum atomic E-state index is 4.54. The highest BCUT2D eigenvalue weighted by molar-refractivity contribution is 5.14. The quantitative estimate of drug-likeness (QED) is 0.864. The molecular formula is C13H22N4. The minimum Gasteiger partial charge on any atom is -0.317 e. The van der Waals surface area contributed by atoms with E-state index >= 15 is 0 Å². The van der Waals surface area contributed by atoms with Crippen molar-refractivity contribution in [2.45, 2.75) is 57.4 Å². The van der Waals surface area contributed by atoms with Gasteiger partial charge in [0.25, 0.3) is 0 Å². The van der Waals surface area contributed by atoms with E-state index in [9.17, 15) is 0 Å². The van der Waals surface area contributed by atoms with E-state index < -0.39 is 0 Å². The molecule has 0 aromatic carbocycles.